The lowest BCUT2D eigenvalue weighted by Gasteiger charge is -2.35. The molecule has 11 heteroatoms. The zero-order valence-corrected chi connectivity index (χ0v) is 18.6. The van der Waals surface area contributed by atoms with Gasteiger partial charge in [-0.1, -0.05) is 12.1 Å². The maximum atomic E-state index is 13.2. The summed E-state index contributed by atoms with van der Waals surface area (Å²) in [6.45, 7) is 4.86. The second kappa shape index (κ2) is 8.15. The van der Waals surface area contributed by atoms with Crippen molar-refractivity contribution in [2.45, 2.75) is 39.2 Å². The van der Waals surface area contributed by atoms with Crippen molar-refractivity contribution in [3.63, 3.8) is 0 Å². The molecule has 5 rings (SSSR count). The molecule has 0 saturated carbocycles. The molecule has 34 heavy (non-hydrogen) atoms. The number of halogens is 3. The third kappa shape index (κ3) is 3.76. The molecule has 176 valence electrons. The van der Waals surface area contributed by atoms with Crippen molar-refractivity contribution in [2.75, 3.05) is 22.5 Å². The summed E-state index contributed by atoms with van der Waals surface area (Å²) in [4.78, 5) is 10.8. The monoisotopic (exact) mass is 468 g/mol. The summed E-state index contributed by atoms with van der Waals surface area (Å²) < 4.78 is 40.7. The Labute approximate surface area is 193 Å². The lowest BCUT2D eigenvalue weighted by molar-refractivity contribution is -0.147. The fraction of sp³-hybridized carbons (Fsp3) is 0.304. The van der Waals surface area contributed by atoms with Crippen LogP contribution in [0.2, 0.25) is 0 Å². The van der Waals surface area contributed by atoms with E-state index in [1.807, 2.05) is 49.1 Å². The van der Waals surface area contributed by atoms with Gasteiger partial charge in [0, 0.05) is 35.7 Å². The highest BCUT2D eigenvalue weighted by Crippen LogP contribution is 2.35. The number of nitrogen functional groups attached to an aromatic ring is 1. The molecule has 8 nitrogen and oxygen atoms in total. The van der Waals surface area contributed by atoms with E-state index in [4.69, 9.17) is 5.73 Å². The number of fused-ring (bicyclic) bond motifs is 2. The Bertz CT molecular complexity index is 1360. The van der Waals surface area contributed by atoms with E-state index in [0.29, 0.717) is 24.7 Å². The van der Waals surface area contributed by atoms with Crippen molar-refractivity contribution in [1.82, 2.24) is 24.7 Å². The van der Waals surface area contributed by atoms with E-state index in [2.05, 4.69) is 25.5 Å². The van der Waals surface area contributed by atoms with Crippen LogP contribution >= 0.6 is 0 Å². The molecule has 0 spiro atoms. The van der Waals surface area contributed by atoms with Crippen LogP contribution in [0.15, 0.2) is 42.7 Å². The van der Waals surface area contributed by atoms with Gasteiger partial charge in [-0.2, -0.15) is 13.2 Å². The number of anilines is 3. The van der Waals surface area contributed by atoms with Gasteiger partial charge in [0.25, 0.3) is 0 Å². The van der Waals surface area contributed by atoms with Crippen LogP contribution in [0.1, 0.15) is 35.9 Å². The summed E-state index contributed by atoms with van der Waals surface area (Å²) in [5.41, 5.74) is 9.60. The molecule has 1 atom stereocenters. The maximum Gasteiger partial charge on any atom is 0.451 e. The zero-order valence-electron chi connectivity index (χ0n) is 18.6. The van der Waals surface area contributed by atoms with Crippen molar-refractivity contribution < 1.29 is 13.2 Å². The standard InChI is InChI=1S/C23H23F3N8/c1-13-10-15(33-8-9-34-21(14(33)2)31-32-22(34)23(24,25)26)11-29-19(13)12-30-18-5-3-4-17-16(18)6-7-28-20(17)27/h3-7,10-11,14,30H,8-9,12H2,1-2H3,(H2,27,28). The number of benzene rings is 1. The molecule has 1 aliphatic heterocycles. The Morgan fingerprint density at radius 2 is 1.94 bits per heavy atom. The average Bonchev–Trinajstić information content (AvgIpc) is 3.25. The van der Waals surface area contributed by atoms with Crippen molar-refractivity contribution in [2.24, 2.45) is 0 Å². The number of nitrogens with zero attached hydrogens (tertiary/aromatic N) is 6. The van der Waals surface area contributed by atoms with E-state index < -0.39 is 12.0 Å². The molecule has 0 amide bonds. The summed E-state index contributed by atoms with van der Waals surface area (Å²) in [5.74, 6) is -0.170. The van der Waals surface area contributed by atoms with Gasteiger partial charge in [-0.3, -0.25) is 4.98 Å². The number of nitrogens with one attached hydrogen (secondary N) is 1. The second-order valence-corrected chi connectivity index (χ2v) is 8.31. The first-order valence-electron chi connectivity index (χ1n) is 10.8. The Kier molecular flexibility index (Phi) is 5.26. The first-order valence-corrected chi connectivity index (χ1v) is 10.8. The summed E-state index contributed by atoms with van der Waals surface area (Å²) >= 11 is 0. The van der Waals surface area contributed by atoms with Crippen molar-refractivity contribution in [1.29, 1.82) is 0 Å². The number of hydrogen-bond donors (Lipinski definition) is 2. The highest BCUT2D eigenvalue weighted by Gasteiger charge is 2.41. The van der Waals surface area contributed by atoms with Crippen LogP contribution in [0.25, 0.3) is 10.8 Å². The Morgan fingerprint density at radius 1 is 1.12 bits per heavy atom. The van der Waals surface area contributed by atoms with E-state index in [9.17, 15) is 13.2 Å². The number of nitrogens with two attached hydrogens (primary N) is 1. The fourth-order valence-electron chi connectivity index (χ4n) is 4.44. The molecule has 1 aromatic carbocycles. The van der Waals surface area contributed by atoms with Crippen LogP contribution < -0.4 is 16.0 Å². The molecular formula is C23H23F3N8. The van der Waals surface area contributed by atoms with Gasteiger partial charge in [0.2, 0.25) is 5.82 Å². The molecule has 4 heterocycles. The molecule has 1 aliphatic rings. The predicted octanol–water partition coefficient (Wildman–Crippen LogP) is 4.32. The zero-order chi connectivity index (χ0) is 24.0. The third-order valence-electron chi connectivity index (χ3n) is 6.23. The predicted molar refractivity (Wildman–Crippen MR) is 123 cm³/mol. The highest BCUT2D eigenvalue weighted by atomic mass is 19.4. The van der Waals surface area contributed by atoms with Gasteiger partial charge in [-0.05, 0) is 37.6 Å². The molecule has 0 fully saturated rings. The van der Waals surface area contributed by atoms with Crippen LogP contribution in [-0.2, 0) is 19.3 Å². The number of aryl methyl sites for hydroxylation is 1. The molecule has 3 N–H and O–H groups in total. The van der Waals surface area contributed by atoms with Gasteiger partial charge in [0.05, 0.1) is 30.2 Å². The SMILES string of the molecule is Cc1cc(N2CCn3c(nnc3C(F)(F)F)C2C)cnc1CNc1cccc2c(N)nccc12. The number of rotatable bonds is 4. The summed E-state index contributed by atoms with van der Waals surface area (Å²) in [7, 11) is 0. The fourth-order valence-corrected chi connectivity index (χ4v) is 4.44. The van der Waals surface area contributed by atoms with Gasteiger partial charge in [-0.15, -0.1) is 10.2 Å². The second-order valence-electron chi connectivity index (χ2n) is 8.31. The normalized spacial score (nSPS) is 16.0. The van der Waals surface area contributed by atoms with E-state index in [1.54, 1.807) is 12.4 Å². The average molecular weight is 468 g/mol. The Morgan fingerprint density at radius 3 is 2.71 bits per heavy atom. The van der Waals surface area contributed by atoms with Crippen molar-refractivity contribution in [3.05, 3.63) is 65.6 Å². The van der Waals surface area contributed by atoms with Crippen LogP contribution in [0, 0.1) is 6.92 Å². The largest absolute Gasteiger partial charge is 0.451 e. The summed E-state index contributed by atoms with van der Waals surface area (Å²) in [6.07, 6.45) is -1.09. The van der Waals surface area contributed by atoms with Gasteiger partial charge >= 0.3 is 6.18 Å². The molecular weight excluding hydrogens is 445 g/mol. The van der Waals surface area contributed by atoms with Gasteiger partial charge in [0.1, 0.15) is 5.82 Å². The third-order valence-corrected chi connectivity index (χ3v) is 6.23. The quantitative estimate of drug-likeness (QED) is 0.460. The minimum atomic E-state index is -4.52. The number of alkyl halides is 3. The Balaban J connectivity index is 1.35. The van der Waals surface area contributed by atoms with E-state index in [1.165, 1.54) is 0 Å². The topological polar surface area (TPSA) is 97.8 Å². The molecule has 3 aromatic heterocycles. The summed E-state index contributed by atoms with van der Waals surface area (Å²) in [5, 5.41) is 12.5. The van der Waals surface area contributed by atoms with Crippen molar-refractivity contribution >= 4 is 28.0 Å². The van der Waals surface area contributed by atoms with E-state index in [0.717, 1.165) is 38.0 Å². The van der Waals surface area contributed by atoms with Gasteiger partial charge in [0.15, 0.2) is 5.82 Å². The number of aromatic nitrogens is 5. The van der Waals surface area contributed by atoms with Crippen LogP contribution in [0.5, 0.6) is 0 Å². The lowest BCUT2D eigenvalue weighted by atomic mass is 10.1. The molecule has 0 aliphatic carbocycles. The minimum absolute atomic E-state index is 0.156. The molecule has 0 saturated heterocycles. The van der Waals surface area contributed by atoms with Crippen LogP contribution in [-0.4, -0.2) is 31.3 Å². The molecule has 1 unspecified atom stereocenters. The van der Waals surface area contributed by atoms with Crippen LogP contribution in [0.4, 0.5) is 30.4 Å². The molecule has 0 bridgehead atoms. The first-order chi connectivity index (χ1) is 16.2. The molecule has 4 aromatic rings. The smallest absolute Gasteiger partial charge is 0.383 e. The van der Waals surface area contributed by atoms with Gasteiger partial charge < -0.3 is 20.5 Å². The first kappa shape index (κ1) is 21.9. The van der Waals surface area contributed by atoms with Crippen molar-refractivity contribution in [3.8, 4) is 0 Å². The number of pyridine rings is 2. The lowest BCUT2D eigenvalue weighted by Crippen LogP contribution is -2.38. The van der Waals surface area contributed by atoms with Gasteiger partial charge in [-0.25, -0.2) is 4.98 Å². The van der Waals surface area contributed by atoms with E-state index >= 15 is 0 Å². The summed E-state index contributed by atoms with van der Waals surface area (Å²) in [6, 6.07) is 9.39. The minimum Gasteiger partial charge on any atom is -0.383 e. The van der Waals surface area contributed by atoms with E-state index in [-0.39, 0.29) is 12.6 Å². The Hall–Kier alpha value is -3.89. The highest BCUT2D eigenvalue weighted by molar-refractivity contribution is 5.99. The number of hydrogen-bond acceptors (Lipinski definition) is 7. The maximum absolute atomic E-state index is 13.2. The van der Waals surface area contributed by atoms with Crippen LogP contribution in [0.3, 0.4) is 0 Å². The molecule has 0 radical (unpaired) electrons.